The zero-order valence-electron chi connectivity index (χ0n) is 31.3. The smallest absolute Gasteiger partial charge is 0.503 e. The number of benzene rings is 3. The van der Waals surface area contributed by atoms with Crippen LogP contribution in [-0.2, 0) is 26.5 Å². The van der Waals surface area contributed by atoms with Gasteiger partial charge in [0, 0.05) is 40.3 Å². The van der Waals surface area contributed by atoms with E-state index in [1.807, 2.05) is 12.3 Å². The van der Waals surface area contributed by atoms with Crippen LogP contribution in [0.25, 0.3) is 27.6 Å². The number of hydrogen-bond donors (Lipinski definition) is 0. The summed E-state index contributed by atoms with van der Waals surface area (Å²) in [6.45, 7) is 23.1. The zero-order valence-corrected chi connectivity index (χ0v) is 33.6. The molecule has 0 radical (unpaired) electrons. The number of aryl methyl sites for hydroxylation is 2. The molecule has 5 nitrogen and oxygen atoms in total. The SMILES string of the molecule is Cc1cc(Oc2[c-]c3c(cc2C)C(C)(C)c2cccc4c5cccnc5n-3c24)[c-]c(C2=N[C@](C)(C(C)(C)C)C(C)(C)N2C2CCCCC2)c1.[Pt+2]. The molecule has 3 aliphatic rings. The molecule has 8 rings (SSSR count). The van der Waals surface area contributed by atoms with E-state index in [0.717, 1.165) is 39.2 Å². The molecular weight excluding hydrogens is 796 g/mol. The van der Waals surface area contributed by atoms with Gasteiger partial charge < -0.3 is 19.2 Å². The van der Waals surface area contributed by atoms with E-state index < -0.39 is 0 Å². The molecule has 2 aromatic heterocycles. The summed E-state index contributed by atoms with van der Waals surface area (Å²) in [7, 11) is 0. The van der Waals surface area contributed by atoms with Gasteiger partial charge in [0.25, 0.3) is 0 Å². The molecular formula is C44H50N4OPt. The van der Waals surface area contributed by atoms with E-state index in [1.54, 1.807) is 0 Å². The Labute approximate surface area is 312 Å². The summed E-state index contributed by atoms with van der Waals surface area (Å²) in [5, 5.41) is 2.37. The number of ether oxygens (including phenoxy) is 1. The van der Waals surface area contributed by atoms with Crippen molar-refractivity contribution in [2.75, 3.05) is 0 Å². The first kappa shape index (κ1) is 35.0. The predicted octanol–water partition coefficient (Wildman–Crippen LogP) is 10.8. The van der Waals surface area contributed by atoms with E-state index in [-0.39, 0.29) is 43.0 Å². The minimum absolute atomic E-state index is 0. The van der Waals surface area contributed by atoms with Crippen LogP contribution in [-0.4, -0.2) is 37.4 Å². The second-order valence-electron chi connectivity index (χ2n) is 17.1. The van der Waals surface area contributed by atoms with Crippen molar-refractivity contribution in [3.05, 3.63) is 94.7 Å². The van der Waals surface area contributed by atoms with Gasteiger partial charge in [-0.05, 0) is 62.1 Å². The topological polar surface area (TPSA) is 42.6 Å². The van der Waals surface area contributed by atoms with Crippen molar-refractivity contribution in [3.8, 4) is 17.2 Å². The summed E-state index contributed by atoms with van der Waals surface area (Å²) in [4.78, 5) is 13.2. The number of aromatic nitrogens is 2. The van der Waals surface area contributed by atoms with E-state index >= 15 is 0 Å². The molecule has 0 saturated heterocycles. The van der Waals surface area contributed by atoms with Gasteiger partial charge in [0.15, 0.2) is 0 Å². The molecule has 262 valence electrons. The Hall–Kier alpha value is -3.43. The molecule has 50 heavy (non-hydrogen) atoms. The summed E-state index contributed by atoms with van der Waals surface area (Å²) in [6.07, 6.45) is 8.16. The van der Waals surface area contributed by atoms with Gasteiger partial charge in [0.1, 0.15) is 5.65 Å². The third-order valence-corrected chi connectivity index (χ3v) is 12.5. The molecule has 0 spiro atoms. The van der Waals surface area contributed by atoms with Crippen molar-refractivity contribution in [1.29, 1.82) is 0 Å². The van der Waals surface area contributed by atoms with Gasteiger partial charge in [-0.25, -0.2) is 4.98 Å². The van der Waals surface area contributed by atoms with Crippen LogP contribution in [0.15, 0.2) is 59.7 Å². The number of hydrogen-bond acceptors (Lipinski definition) is 4. The van der Waals surface area contributed by atoms with Gasteiger partial charge in [-0.3, -0.25) is 0 Å². The maximum atomic E-state index is 6.83. The molecule has 5 aromatic rings. The van der Waals surface area contributed by atoms with Gasteiger partial charge in [-0.15, -0.1) is 34.4 Å². The van der Waals surface area contributed by atoms with Gasteiger partial charge >= 0.3 is 21.1 Å². The molecule has 3 aromatic carbocycles. The molecule has 4 heterocycles. The fraction of sp³-hybridized carbons (Fsp3) is 0.455. The number of nitrogens with zero attached hydrogens (tertiary/aromatic N) is 4. The average Bonchev–Trinajstić information content (AvgIpc) is 3.50. The van der Waals surface area contributed by atoms with Crippen molar-refractivity contribution in [2.24, 2.45) is 10.4 Å². The molecule has 0 unspecified atom stereocenters. The molecule has 1 aliphatic carbocycles. The maximum Gasteiger partial charge on any atom is 2.00 e. The van der Waals surface area contributed by atoms with Gasteiger partial charge in [0.05, 0.1) is 16.6 Å². The third kappa shape index (κ3) is 4.96. The van der Waals surface area contributed by atoms with Crippen molar-refractivity contribution < 1.29 is 25.8 Å². The standard InChI is InChI=1S/C44H50N4O.Pt/c1-27-22-29(39-46-44(10,41(3,4)5)43(8,9)48(39)30-16-12-11-13-17-30)25-31(23-27)49-37-26-36-35(24-28(37)2)42(6,7)34-20-14-18-32-33-19-15-21-45-40(33)47(36)38(32)34;/h14-15,18-24,30H,11-13,16-17H2,1-10H3;/q-2;+2/t44-;/m1./s1. The second-order valence-corrected chi connectivity index (χ2v) is 17.1. The number of fused-ring (bicyclic) bond motifs is 5. The Morgan fingerprint density at radius 2 is 1.58 bits per heavy atom. The minimum Gasteiger partial charge on any atom is -0.503 e. The fourth-order valence-corrected chi connectivity index (χ4v) is 9.26. The Kier molecular flexibility index (Phi) is 8.26. The first-order chi connectivity index (χ1) is 23.1. The molecule has 0 amide bonds. The number of amidine groups is 1. The molecule has 0 bridgehead atoms. The van der Waals surface area contributed by atoms with Crippen LogP contribution in [0.5, 0.6) is 11.5 Å². The first-order valence-corrected chi connectivity index (χ1v) is 18.2. The van der Waals surface area contributed by atoms with Crippen LogP contribution in [0.2, 0.25) is 0 Å². The Morgan fingerprint density at radius 3 is 2.30 bits per heavy atom. The van der Waals surface area contributed by atoms with Gasteiger partial charge in [-0.2, -0.15) is 6.07 Å². The zero-order chi connectivity index (χ0) is 34.7. The molecule has 2 aliphatic heterocycles. The van der Waals surface area contributed by atoms with Crippen LogP contribution < -0.4 is 4.74 Å². The Balaban J connectivity index is 0.00000392. The maximum absolute atomic E-state index is 6.83. The van der Waals surface area contributed by atoms with E-state index in [2.05, 4.69) is 133 Å². The molecule has 6 heteroatoms. The first-order valence-electron chi connectivity index (χ1n) is 18.2. The summed E-state index contributed by atoms with van der Waals surface area (Å²) >= 11 is 0. The minimum atomic E-state index is -0.281. The quantitative estimate of drug-likeness (QED) is 0.169. The number of aliphatic imine (C=N–C) groups is 1. The van der Waals surface area contributed by atoms with Crippen LogP contribution in [0.1, 0.15) is 115 Å². The van der Waals surface area contributed by atoms with Crippen LogP contribution in [0.4, 0.5) is 0 Å². The third-order valence-electron chi connectivity index (χ3n) is 12.5. The van der Waals surface area contributed by atoms with Crippen molar-refractivity contribution in [1.82, 2.24) is 14.5 Å². The summed E-state index contributed by atoms with van der Waals surface area (Å²) in [5.74, 6) is 2.46. The van der Waals surface area contributed by atoms with Gasteiger partial charge in [0.2, 0.25) is 0 Å². The van der Waals surface area contributed by atoms with E-state index in [1.165, 1.54) is 54.1 Å². The Morgan fingerprint density at radius 1 is 0.860 bits per heavy atom. The average molecular weight is 846 g/mol. The van der Waals surface area contributed by atoms with E-state index in [9.17, 15) is 0 Å². The summed E-state index contributed by atoms with van der Waals surface area (Å²) in [6, 6.07) is 25.4. The predicted molar refractivity (Wildman–Crippen MR) is 202 cm³/mol. The van der Waals surface area contributed by atoms with Crippen LogP contribution >= 0.6 is 0 Å². The number of pyridine rings is 1. The summed E-state index contributed by atoms with van der Waals surface area (Å²) in [5.41, 5.74) is 8.19. The number of rotatable bonds is 4. The van der Waals surface area contributed by atoms with Crippen LogP contribution in [0, 0.1) is 31.4 Å². The van der Waals surface area contributed by atoms with Crippen LogP contribution in [0.3, 0.4) is 0 Å². The molecule has 1 saturated carbocycles. The summed E-state index contributed by atoms with van der Waals surface area (Å²) < 4.78 is 9.13. The molecule has 0 N–H and O–H groups in total. The normalized spacial score (nSPS) is 21.2. The van der Waals surface area contributed by atoms with E-state index in [0.29, 0.717) is 17.5 Å². The van der Waals surface area contributed by atoms with Crippen molar-refractivity contribution >= 4 is 27.8 Å². The monoisotopic (exact) mass is 845 g/mol. The van der Waals surface area contributed by atoms with Crippen molar-refractivity contribution in [3.63, 3.8) is 0 Å². The van der Waals surface area contributed by atoms with E-state index in [4.69, 9.17) is 14.7 Å². The molecule has 1 fully saturated rings. The second kappa shape index (κ2) is 11.8. The molecule has 1 atom stereocenters. The number of para-hydroxylation sites is 1. The van der Waals surface area contributed by atoms with Crippen molar-refractivity contribution in [2.45, 2.75) is 124 Å². The largest absolute Gasteiger partial charge is 2.00 e. The Bertz CT molecular complexity index is 2180. The van der Waals surface area contributed by atoms with Gasteiger partial charge in [-0.1, -0.05) is 104 Å². The fourth-order valence-electron chi connectivity index (χ4n) is 9.26.